The quantitative estimate of drug-likeness (QED) is 0.823. The molecule has 1 heterocycles. The molecule has 0 aliphatic rings. The molecule has 18 heavy (non-hydrogen) atoms. The predicted octanol–water partition coefficient (Wildman–Crippen LogP) is 5.15. The van der Waals surface area contributed by atoms with E-state index in [1.165, 1.54) is 0 Å². The average Bonchev–Trinajstić information content (AvgIpc) is 2.73. The molecular formula is C14H17ClN2S. The smallest absolute Gasteiger partial charge is 0.187 e. The second-order valence-corrected chi connectivity index (χ2v) is 6.59. The summed E-state index contributed by atoms with van der Waals surface area (Å²) in [7, 11) is 0. The highest BCUT2D eigenvalue weighted by molar-refractivity contribution is 7.13. The third-order valence-corrected chi connectivity index (χ3v) is 3.95. The zero-order chi connectivity index (χ0) is 13.3. The van der Waals surface area contributed by atoms with E-state index in [-0.39, 0.29) is 5.41 Å². The van der Waals surface area contributed by atoms with Crippen LogP contribution in [0.15, 0.2) is 23.6 Å². The van der Waals surface area contributed by atoms with E-state index in [1.807, 2.05) is 25.1 Å². The molecule has 96 valence electrons. The Balaban J connectivity index is 2.24. The van der Waals surface area contributed by atoms with E-state index >= 15 is 0 Å². The van der Waals surface area contributed by atoms with Crippen LogP contribution in [0.1, 0.15) is 32.0 Å². The van der Waals surface area contributed by atoms with E-state index in [4.69, 9.17) is 11.6 Å². The number of anilines is 2. The Kier molecular flexibility index (Phi) is 3.64. The van der Waals surface area contributed by atoms with Crippen molar-refractivity contribution in [2.45, 2.75) is 33.1 Å². The molecule has 0 aliphatic heterocycles. The minimum absolute atomic E-state index is 0.0831. The van der Waals surface area contributed by atoms with Crippen LogP contribution in [0.2, 0.25) is 5.02 Å². The number of benzene rings is 1. The Labute approximate surface area is 117 Å². The zero-order valence-electron chi connectivity index (χ0n) is 11.0. The van der Waals surface area contributed by atoms with Gasteiger partial charge in [-0.05, 0) is 24.6 Å². The van der Waals surface area contributed by atoms with Crippen LogP contribution in [-0.4, -0.2) is 4.98 Å². The number of aromatic nitrogens is 1. The molecule has 0 aliphatic carbocycles. The summed E-state index contributed by atoms with van der Waals surface area (Å²) < 4.78 is 0. The Morgan fingerprint density at radius 3 is 2.61 bits per heavy atom. The summed E-state index contributed by atoms with van der Waals surface area (Å²) in [5.41, 5.74) is 3.25. The van der Waals surface area contributed by atoms with Gasteiger partial charge in [-0.3, -0.25) is 0 Å². The summed E-state index contributed by atoms with van der Waals surface area (Å²) in [6, 6.07) is 5.85. The molecule has 4 heteroatoms. The van der Waals surface area contributed by atoms with Crippen molar-refractivity contribution >= 4 is 33.8 Å². The second kappa shape index (κ2) is 4.90. The van der Waals surface area contributed by atoms with Crippen LogP contribution in [0.3, 0.4) is 0 Å². The first-order valence-electron chi connectivity index (χ1n) is 5.86. The highest BCUT2D eigenvalue weighted by Crippen LogP contribution is 2.30. The average molecular weight is 281 g/mol. The summed E-state index contributed by atoms with van der Waals surface area (Å²) in [6.45, 7) is 8.49. The maximum Gasteiger partial charge on any atom is 0.187 e. The Bertz CT molecular complexity index is 555. The van der Waals surface area contributed by atoms with Gasteiger partial charge in [-0.2, -0.15) is 0 Å². The van der Waals surface area contributed by atoms with E-state index in [2.05, 4.69) is 36.5 Å². The van der Waals surface area contributed by atoms with E-state index in [0.29, 0.717) is 0 Å². The number of nitrogens with one attached hydrogen (secondary N) is 1. The molecule has 0 fully saturated rings. The van der Waals surface area contributed by atoms with Gasteiger partial charge in [0, 0.05) is 21.5 Å². The molecule has 0 unspecified atom stereocenters. The number of nitrogens with zero attached hydrogens (tertiary/aromatic N) is 1. The van der Waals surface area contributed by atoms with Crippen molar-refractivity contribution in [3.05, 3.63) is 39.9 Å². The lowest BCUT2D eigenvalue weighted by Crippen LogP contribution is -2.11. The van der Waals surface area contributed by atoms with Gasteiger partial charge in [0.15, 0.2) is 5.13 Å². The SMILES string of the molecule is Cc1c(Cl)cccc1Nc1nc(C(C)(C)C)cs1. The van der Waals surface area contributed by atoms with Gasteiger partial charge in [0.05, 0.1) is 5.69 Å². The topological polar surface area (TPSA) is 24.9 Å². The number of hydrogen-bond acceptors (Lipinski definition) is 3. The minimum atomic E-state index is 0.0831. The highest BCUT2D eigenvalue weighted by Gasteiger charge is 2.17. The van der Waals surface area contributed by atoms with Gasteiger partial charge in [0.25, 0.3) is 0 Å². The summed E-state index contributed by atoms with van der Waals surface area (Å²) >= 11 is 7.72. The Morgan fingerprint density at radius 1 is 1.28 bits per heavy atom. The minimum Gasteiger partial charge on any atom is -0.331 e. The van der Waals surface area contributed by atoms with Gasteiger partial charge >= 0.3 is 0 Å². The van der Waals surface area contributed by atoms with Crippen molar-refractivity contribution in [1.82, 2.24) is 4.98 Å². The first-order chi connectivity index (χ1) is 8.38. The molecular weight excluding hydrogens is 264 g/mol. The van der Waals surface area contributed by atoms with Crippen molar-refractivity contribution in [3.8, 4) is 0 Å². The monoisotopic (exact) mass is 280 g/mol. The third-order valence-electron chi connectivity index (χ3n) is 2.78. The third kappa shape index (κ3) is 2.85. The Hall–Kier alpha value is -1.06. The number of hydrogen-bond donors (Lipinski definition) is 1. The summed E-state index contributed by atoms with van der Waals surface area (Å²) in [4.78, 5) is 4.61. The summed E-state index contributed by atoms with van der Waals surface area (Å²) in [5.74, 6) is 0. The molecule has 0 radical (unpaired) electrons. The van der Waals surface area contributed by atoms with Crippen LogP contribution < -0.4 is 5.32 Å². The van der Waals surface area contributed by atoms with Gasteiger partial charge in [-0.25, -0.2) is 4.98 Å². The summed E-state index contributed by atoms with van der Waals surface area (Å²) in [5, 5.41) is 7.11. The maximum absolute atomic E-state index is 6.10. The fourth-order valence-corrected chi connectivity index (χ4v) is 2.66. The molecule has 1 aromatic carbocycles. The van der Waals surface area contributed by atoms with Crippen LogP contribution in [0.5, 0.6) is 0 Å². The van der Waals surface area contributed by atoms with Crippen LogP contribution in [0, 0.1) is 6.92 Å². The Morgan fingerprint density at radius 2 is 2.00 bits per heavy atom. The van der Waals surface area contributed by atoms with Crippen LogP contribution >= 0.6 is 22.9 Å². The summed E-state index contributed by atoms with van der Waals surface area (Å²) in [6.07, 6.45) is 0. The number of rotatable bonds is 2. The van der Waals surface area contributed by atoms with Crippen molar-refractivity contribution in [1.29, 1.82) is 0 Å². The zero-order valence-corrected chi connectivity index (χ0v) is 12.6. The molecule has 2 rings (SSSR count). The van der Waals surface area contributed by atoms with Gasteiger partial charge in [-0.1, -0.05) is 38.4 Å². The first-order valence-corrected chi connectivity index (χ1v) is 7.12. The lowest BCUT2D eigenvalue weighted by atomic mass is 9.93. The van der Waals surface area contributed by atoms with E-state index in [0.717, 1.165) is 27.1 Å². The maximum atomic E-state index is 6.10. The number of thiazole rings is 1. The van der Waals surface area contributed by atoms with Crippen LogP contribution in [-0.2, 0) is 5.41 Å². The van der Waals surface area contributed by atoms with Gasteiger partial charge in [0.1, 0.15) is 0 Å². The molecule has 2 nitrogen and oxygen atoms in total. The van der Waals surface area contributed by atoms with Gasteiger partial charge in [-0.15, -0.1) is 11.3 Å². The standard InChI is InChI=1S/C14H17ClN2S/c1-9-10(15)6-5-7-11(9)16-13-17-12(8-18-13)14(2,3)4/h5-8H,1-4H3,(H,16,17). The molecule has 0 amide bonds. The van der Waals surface area contributed by atoms with Crippen LogP contribution in [0.4, 0.5) is 10.8 Å². The van der Waals surface area contributed by atoms with Gasteiger partial charge in [0.2, 0.25) is 0 Å². The molecule has 1 aromatic heterocycles. The van der Waals surface area contributed by atoms with Crippen molar-refractivity contribution in [2.75, 3.05) is 5.32 Å². The first kappa shape index (κ1) is 13.4. The van der Waals surface area contributed by atoms with E-state index < -0.39 is 0 Å². The normalized spacial score (nSPS) is 11.6. The fourth-order valence-electron chi connectivity index (χ4n) is 1.53. The van der Waals surface area contributed by atoms with E-state index in [1.54, 1.807) is 11.3 Å². The molecule has 1 N–H and O–H groups in total. The van der Waals surface area contributed by atoms with E-state index in [9.17, 15) is 0 Å². The van der Waals surface area contributed by atoms with Crippen LogP contribution in [0.25, 0.3) is 0 Å². The fraction of sp³-hybridized carbons (Fsp3) is 0.357. The molecule has 0 saturated heterocycles. The molecule has 2 aromatic rings. The van der Waals surface area contributed by atoms with Gasteiger partial charge < -0.3 is 5.32 Å². The molecule has 0 bridgehead atoms. The largest absolute Gasteiger partial charge is 0.331 e. The second-order valence-electron chi connectivity index (χ2n) is 5.33. The van der Waals surface area contributed by atoms with Crippen molar-refractivity contribution in [2.24, 2.45) is 0 Å². The lowest BCUT2D eigenvalue weighted by Gasteiger charge is -2.14. The molecule has 0 atom stereocenters. The number of halogens is 1. The van der Waals surface area contributed by atoms with Crippen molar-refractivity contribution < 1.29 is 0 Å². The van der Waals surface area contributed by atoms with Crippen molar-refractivity contribution in [3.63, 3.8) is 0 Å². The highest BCUT2D eigenvalue weighted by atomic mass is 35.5. The molecule has 0 spiro atoms. The molecule has 0 saturated carbocycles. The predicted molar refractivity (Wildman–Crippen MR) is 80.3 cm³/mol. The lowest BCUT2D eigenvalue weighted by molar-refractivity contribution is 0.573.